The fourth-order valence-corrected chi connectivity index (χ4v) is 1.41. The maximum Gasteiger partial charge on any atom is 0.268 e. The molecule has 0 spiro atoms. The van der Waals surface area contributed by atoms with Gasteiger partial charge in [0.2, 0.25) is 0 Å². The normalized spacial score (nSPS) is 15.6. The summed E-state index contributed by atoms with van der Waals surface area (Å²) >= 11 is 0. The van der Waals surface area contributed by atoms with E-state index in [4.69, 9.17) is 10.2 Å². The van der Waals surface area contributed by atoms with Gasteiger partial charge in [-0.05, 0) is 18.1 Å². The predicted molar refractivity (Wildman–Crippen MR) is 44.1 cm³/mol. The molecule has 0 aromatic heterocycles. The van der Waals surface area contributed by atoms with Gasteiger partial charge in [0.25, 0.3) is 9.41 Å². The summed E-state index contributed by atoms with van der Waals surface area (Å²) in [5.41, 5.74) is 1.34. The van der Waals surface area contributed by atoms with Crippen LogP contribution in [0.2, 0.25) is 5.54 Å². The Morgan fingerprint density at radius 1 is 1.45 bits per heavy atom. The van der Waals surface area contributed by atoms with Gasteiger partial charge in [-0.25, -0.2) is 0 Å². The fraction of sp³-hybridized carbons (Fsp3) is 0.714. The lowest BCUT2D eigenvalue weighted by molar-refractivity contribution is 0.308. The van der Waals surface area contributed by atoms with Crippen LogP contribution in [0.4, 0.5) is 0 Å². The molecular formula is C7H14O3Si. The second-order valence-corrected chi connectivity index (χ2v) is 3.82. The lowest BCUT2D eigenvalue weighted by Gasteiger charge is -2.09. The molecule has 0 aliphatic rings. The van der Waals surface area contributed by atoms with Crippen LogP contribution in [0, 0.1) is 0 Å². The van der Waals surface area contributed by atoms with Gasteiger partial charge in [-0.15, -0.1) is 0 Å². The summed E-state index contributed by atoms with van der Waals surface area (Å²) in [6.45, 7) is 3.34. The molecule has 3 nitrogen and oxygen atoms in total. The molecule has 11 heavy (non-hydrogen) atoms. The number of hydrogen-bond acceptors (Lipinski definition) is 3. The molecule has 0 aliphatic carbocycles. The van der Waals surface area contributed by atoms with Gasteiger partial charge in [0, 0.05) is 5.54 Å². The first-order chi connectivity index (χ1) is 5.17. The SMILES string of the molecule is CC(CO)=C(CO)C(C)[SiH]=O. The molecule has 2 N–H and O–H groups in total. The quantitative estimate of drug-likeness (QED) is 0.461. The van der Waals surface area contributed by atoms with Crippen LogP contribution in [0.15, 0.2) is 11.1 Å². The van der Waals surface area contributed by atoms with Crippen LogP contribution in [-0.2, 0) is 4.46 Å². The molecule has 0 aliphatic heterocycles. The van der Waals surface area contributed by atoms with E-state index in [2.05, 4.69) is 0 Å². The molecule has 0 heterocycles. The summed E-state index contributed by atoms with van der Waals surface area (Å²) < 4.78 is 10.5. The van der Waals surface area contributed by atoms with E-state index in [1.54, 1.807) is 13.8 Å². The minimum atomic E-state index is -0.908. The van der Waals surface area contributed by atoms with Gasteiger partial charge in [0.15, 0.2) is 0 Å². The van der Waals surface area contributed by atoms with Crippen molar-refractivity contribution < 1.29 is 14.7 Å². The van der Waals surface area contributed by atoms with Crippen molar-refractivity contribution in [2.75, 3.05) is 13.2 Å². The van der Waals surface area contributed by atoms with Crippen LogP contribution in [0.5, 0.6) is 0 Å². The van der Waals surface area contributed by atoms with E-state index in [-0.39, 0.29) is 18.8 Å². The van der Waals surface area contributed by atoms with Gasteiger partial charge in [-0.3, -0.25) is 0 Å². The lowest BCUT2D eigenvalue weighted by Crippen LogP contribution is -2.05. The minimum Gasteiger partial charge on any atom is -0.392 e. The van der Waals surface area contributed by atoms with Gasteiger partial charge in [-0.1, -0.05) is 6.92 Å². The Labute approximate surface area is 68.6 Å². The molecule has 0 rings (SSSR count). The minimum absolute atomic E-state index is 0.0698. The first kappa shape index (κ1) is 10.7. The third kappa shape index (κ3) is 3.05. The molecule has 4 heteroatoms. The molecule has 0 saturated carbocycles. The third-order valence-corrected chi connectivity index (χ3v) is 2.52. The smallest absolute Gasteiger partial charge is 0.268 e. The zero-order chi connectivity index (χ0) is 8.85. The summed E-state index contributed by atoms with van der Waals surface area (Å²) in [6, 6.07) is 0. The van der Waals surface area contributed by atoms with Crippen molar-refractivity contribution >= 4 is 9.41 Å². The molecular weight excluding hydrogens is 160 g/mol. The first-order valence-electron chi connectivity index (χ1n) is 3.52. The Morgan fingerprint density at radius 2 is 2.00 bits per heavy atom. The molecule has 0 amide bonds. The third-order valence-electron chi connectivity index (χ3n) is 1.71. The van der Waals surface area contributed by atoms with Gasteiger partial charge in [0.1, 0.15) is 0 Å². The number of aliphatic hydroxyl groups is 2. The Bertz CT molecular complexity index is 165. The Hall–Kier alpha value is -0.323. The van der Waals surface area contributed by atoms with Crippen LogP contribution in [0.1, 0.15) is 13.8 Å². The number of aliphatic hydroxyl groups excluding tert-OH is 2. The van der Waals surface area contributed by atoms with Crippen LogP contribution in [-0.4, -0.2) is 32.8 Å². The summed E-state index contributed by atoms with van der Waals surface area (Å²) in [7, 11) is -0.908. The van der Waals surface area contributed by atoms with E-state index in [0.717, 1.165) is 5.57 Å². The highest BCUT2D eigenvalue weighted by molar-refractivity contribution is 6.21. The maximum atomic E-state index is 10.5. The van der Waals surface area contributed by atoms with Crippen LogP contribution >= 0.6 is 0 Å². The van der Waals surface area contributed by atoms with E-state index in [1.165, 1.54) is 0 Å². The van der Waals surface area contributed by atoms with Gasteiger partial charge >= 0.3 is 0 Å². The molecule has 0 aromatic rings. The Morgan fingerprint density at radius 3 is 2.27 bits per heavy atom. The first-order valence-corrected chi connectivity index (χ1v) is 4.66. The largest absolute Gasteiger partial charge is 0.392 e. The van der Waals surface area contributed by atoms with E-state index in [9.17, 15) is 4.46 Å². The van der Waals surface area contributed by atoms with Crippen molar-refractivity contribution in [2.45, 2.75) is 19.4 Å². The molecule has 1 atom stereocenters. The summed E-state index contributed by atoms with van der Waals surface area (Å²) in [6.07, 6.45) is 0. The van der Waals surface area contributed by atoms with Crippen molar-refractivity contribution in [3.63, 3.8) is 0 Å². The Balaban J connectivity index is 4.49. The molecule has 1 unspecified atom stereocenters. The summed E-state index contributed by atoms with van der Waals surface area (Å²) in [5.74, 6) is 0. The topological polar surface area (TPSA) is 57.5 Å². The zero-order valence-corrected chi connectivity index (χ0v) is 8.03. The van der Waals surface area contributed by atoms with Crippen LogP contribution in [0.3, 0.4) is 0 Å². The standard InChI is InChI=1S/C7H14O3Si/c1-5(3-8)7(4-9)6(2)11-10/h6,8-9,11H,3-4H2,1-2H3. The highest BCUT2D eigenvalue weighted by Gasteiger charge is 2.09. The zero-order valence-electron chi connectivity index (χ0n) is 6.87. The van der Waals surface area contributed by atoms with Crippen LogP contribution in [0.25, 0.3) is 0 Å². The molecule has 64 valence electrons. The molecule has 0 bridgehead atoms. The molecule has 0 aromatic carbocycles. The molecule has 0 saturated heterocycles. The maximum absolute atomic E-state index is 10.5. The predicted octanol–water partition coefficient (Wildman–Crippen LogP) is -0.122. The second kappa shape index (κ2) is 5.34. The van der Waals surface area contributed by atoms with Crippen molar-refractivity contribution in [2.24, 2.45) is 0 Å². The molecule has 0 radical (unpaired) electrons. The highest BCUT2D eigenvalue weighted by Crippen LogP contribution is 2.16. The van der Waals surface area contributed by atoms with Gasteiger partial charge < -0.3 is 14.7 Å². The molecule has 0 fully saturated rings. The highest BCUT2D eigenvalue weighted by atomic mass is 28.2. The average Bonchev–Trinajstić information content (AvgIpc) is 2.05. The van der Waals surface area contributed by atoms with E-state index < -0.39 is 9.41 Å². The van der Waals surface area contributed by atoms with E-state index in [1.807, 2.05) is 0 Å². The second-order valence-electron chi connectivity index (χ2n) is 2.55. The van der Waals surface area contributed by atoms with E-state index >= 15 is 0 Å². The van der Waals surface area contributed by atoms with Crippen molar-refractivity contribution in [1.82, 2.24) is 0 Å². The average molecular weight is 174 g/mol. The number of hydrogen-bond donors (Lipinski definition) is 2. The van der Waals surface area contributed by atoms with Gasteiger partial charge in [0.05, 0.1) is 13.2 Å². The fourth-order valence-electron chi connectivity index (χ4n) is 0.851. The summed E-state index contributed by atoms with van der Waals surface area (Å²) in [4.78, 5) is 0. The van der Waals surface area contributed by atoms with Crippen molar-refractivity contribution in [1.29, 1.82) is 0 Å². The monoisotopic (exact) mass is 174 g/mol. The van der Waals surface area contributed by atoms with Crippen molar-refractivity contribution in [3.05, 3.63) is 11.1 Å². The van der Waals surface area contributed by atoms with Gasteiger partial charge in [-0.2, -0.15) is 0 Å². The summed E-state index contributed by atoms with van der Waals surface area (Å²) in [5, 5.41) is 17.6. The van der Waals surface area contributed by atoms with E-state index in [0.29, 0.717) is 5.57 Å². The number of rotatable bonds is 4. The van der Waals surface area contributed by atoms with Crippen LogP contribution < -0.4 is 0 Å². The lowest BCUT2D eigenvalue weighted by atomic mass is 10.1. The van der Waals surface area contributed by atoms with Crippen molar-refractivity contribution in [3.8, 4) is 0 Å². The Kier molecular flexibility index (Phi) is 5.19.